The third-order valence-electron chi connectivity index (χ3n) is 9.57. The first-order valence-corrected chi connectivity index (χ1v) is 19.3. The van der Waals surface area contributed by atoms with E-state index in [1.54, 1.807) is 12.1 Å². The smallest absolute Gasteiger partial charge is 0.326 e. The van der Waals surface area contributed by atoms with E-state index in [-0.39, 0.29) is 50.3 Å². The molecule has 22 heteroatoms. The predicted molar refractivity (Wildman–Crippen MR) is 211 cm³/mol. The average molecular weight is 837 g/mol. The second-order valence-corrected chi connectivity index (χ2v) is 14.9. The number of carbonyl (C=O) groups is 8. The van der Waals surface area contributed by atoms with Crippen LogP contribution < -0.4 is 38.1 Å². The van der Waals surface area contributed by atoms with Crippen molar-refractivity contribution in [1.82, 2.24) is 51.4 Å². The summed E-state index contributed by atoms with van der Waals surface area (Å²) in [7, 11) is 0. The fourth-order valence-electron chi connectivity index (χ4n) is 6.58. The Hall–Kier alpha value is -6.84. The number of carbonyl (C=O) groups excluding carboxylic acids is 7. The number of rotatable bonds is 22. The molecule has 0 aliphatic carbocycles. The third-order valence-corrected chi connectivity index (χ3v) is 9.57. The van der Waals surface area contributed by atoms with E-state index in [9.17, 15) is 48.6 Å². The molecule has 0 radical (unpaired) electrons. The lowest BCUT2D eigenvalue weighted by molar-refractivity contribution is -0.142. The van der Waals surface area contributed by atoms with Gasteiger partial charge in [0.15, 0.2) is 0 Å². The number of H-pyrrole nitrogens is 2. The lowest BCUT2D eigenvalue weighted by Crippen LogP contribution is -2.58. The molecule has 13 N–H and O–H groups in total. The number of carboxylic acid groups (broad SMARTS) is 1. The van der Waals surface area contributed by atoms with E-state index in [1.165, 1.54) is 42.1 Å². The highest BCUT2D eigenvalue weighted by Gasteiger charge is 2.39. The summed E-state index contributed by atoms with van der Waals surface area (Å²) in [5, 5.41) is 31.8. The van der Waals surface area contributed by atoms with Gasteiger partial charge < -0.3 is 63.1 Å². The molecule has 3 heterocycles. The first-order chi connectivity index (χ1) is 28.5. The third kappa shape index (κ3) is 13.9. The molecule has 7 amide bonds. The van der Waals surface area contributed by atoms with Crippen molar-refractivity contribution in [3.05, 3.63) is 66.3 Å². The Balaban J connectivity index is 1.40. The molecule has 1 saturated heterocycles. The minimum atomic E-state index is -1.58. The molecule has 2 aromatic heterocycles. The summed E-state index contributed by atoms with van der Waals surface area (Å²) in [5.41, 5.74) is 13.1. The molecule has 60 heavy (non-hydrogen) atoms. The largest absolute Gasteiger partial charge is 0.508 e. The van der Waals surface area contributed by atoms with Crippen LogP contribution in [0.5, 0.6) is 5.75 Å². The maximum absolute atomic E-state index is 14.2. The molecule has 4 rings (SSSR count). The quantitative estimate of drug-likeness (QED) is 0.0490. The van der Waals surface area contributed by atoms with Gasteiger partial charge in [0.05, 0.1) is 31.7 Å². The molecule has 3 aromatic rings. The second-order valence-electron chi connectivity index (χ2n) is 14.9. The average Bonchev–Trinajstić information content (AvgIpc) is 4.00. The van der Waals surface area contributed by atoms with Gasteiger partial charge in [-0.15, -0.1) is 0 Å². The van der Waals surface area contributed by atoms with E-state index in [0.717, 1.165) is 0 Å². The summed E-state index contributed by atoms with van der Waals surface area (Å²) in [4.78, 5) is 119. The number of nitrogens with zero attached hydrogens (tertiary/aromatic N) is 3. The molecule has 1 fully saturated rings. The van der Waals surface area contributed by atoms with Crippen LogP contribution >= 0.6 is 0 Å². The van der Waals surface area contributed by atoms with Crippen LogP contribution in [0.2, 0.25) is 0 Å². The van der Waals surface area contributed by atoms with Gasteiger partial charge in [0.2, 0.25) is 41.4 Å². The second kappa shape index (κ2) is 21.8. The minimum absolute atomic E-state index is 0.00696. The van der Waals surface area contributed by atoms with Crippen molar-refractivity contribution in [1.29, 1.82) is 0 Å². The zero-order chi connectivity index (χ0) is 43.9. The Kier molecular flexibility index (Phi) is 16.7. The molecular formula is C38H52N12O10. The highest BCUT2D eigenvalue weighted by Crippen LogP contribution is 2.21. The summed E-state index contributed by atoms with van der Waals surface area (Å²) >= 11 is 0. The first kappa shape index (κ1) is 45.9. The van der Waals surface area contributed by atoms with Gasteiger partial charge in [0.25, 0.3) is 0 Å². The highest BCUT2D eigenvalue weighted by atomic mass is 16.4. The number of hydrogen-bond donors (Lipinski definition) is 11. The number of primary amides is 1. The molecule has 22 nitrogen and oxygen atoms in total. The van der Waals surface area contributed by atoms with Gasteiger partial charge >= 0.3 is 5.97 Å². The number of amides is 7. The van der Waals surface area contributed by atoms with Crippen LogP contribution in [-0.4, -0.2) is 132 Å². The summed E-state index contributed by atoms with van der Waals surface area (Å²) in [6.07, 6.45) is 5.77. The van der Waals surface area contributed by atoms with E-state index in [4.69, 9.17) is 11.5 Å². The highest BCUT2D eigenvalue weighted by molar-refractivity contribution is 5.97. The number of phenolic OH excluding ortho intramolecular Hbond substituents is 1. The fraction of sp³-hybridized carbons (Fsp3) is 0.474. The maximum Gasteiger partial charge on any atom is 0.326 e. The Labute approximate surface area is 344 Å². The van der Waals surface area contributed by atoms with Crippen LogP contribution in [0, 0.1) is 5.92 Å². The van der Waals surface area contributed by atoms with Crippen molar-refractivity contribution in [2.24, 2.45) is 17.4 Å². The molecule has 0 bridgehead atoms. The van der Waals surface area contributed by atoms with Crippen molar-refractivity contribution >= 4 is 47.3 Å². The summed E-state index contributed by atoms with van der Waals surface area (Å²) in [6, 6.07) is -1.32. The topological polar surface area (TPSA) is 350 Å². The van der Waals surface area contributed by atoms with Crippen LogP contribution in [-0.2, 0) is 57.6 Å². The number of likely N-dealkylation sites (tertiary alicyclic amines) is 1. The van der Waals surface area contributed by atoms with Crippen LogP contribution in [0.3, 0.4) is 0 Å². The maximum atomic E-state index is 14.2. The normalized spacial score (nSPS) is 16.1. The van der Waals surface area contributed by atoms with Crippen molar-refractivity contribution < 1.29 is 48.6 Å². The van der Waals surface area contributed by atoms with E-state index >= 15 is 0 Å². The van der Waals surface area contributed by atoms with Crippen LogP contribution in [0.1, 0.15) is 56.5 Å². The number of aromatic amines is 2. The summed E-state index contributed by atoms with van der Waals surface area (Å²) < 4.78 is 0. The minimum Gasteiger partial charge on any atom is -0.508 e. The molecule has 324 valence electrons. The van der Waals surface area contributed by atoms with E-state index in [0.29, 0.717) is 23.4 Å². The number of aliphatic carboxylic acids is 1. The molecule has 6 atom stereocenters. The Morgan fingerprint density at radius 1 is 0.817 bits per heavy atom. The van der Waals surface area contributed by atoms with Gasteiger partial charge in [-0.25, -0.2) is 14.8 Å². The monoisotopic (exact) mass is 836 g/mol. The molecular weight excluding hydrogens is 784 g/mol. The van der Waals surface area contributed by atoms with Crippen molar-refractivity contribution in [2.45, 2.75) is 95.0 Å². The summed E-state index contributed by atoms with van der Waals surface area (Å²) in [5.74, 6) is -6.98. The number of aromatic hydroxyl groups is 1. The van der Waals surface area contributed by atoms with E-state index in [1.807, 2.05) is 13.8 Å². The Morgan fingerprint density at radius 2 is 1.45 bits per heavy atom. The molecule has 0 unspecified atom stereocenters. The van der Waals surface area contributed by atoms with Crippen molar-refractivity contribution in [2.75, 3.05) is 13.1 Å². The van der Waals surface area contributed by atoms with Gasteiger partial charge in [0, 0.05) is 49.6 Å². The van der Waals surface area contributed by atoms with Gasteiger partial charge in [-0.05, 0) is 42.9 Å². The van der Waals surface area contributed by atoms with E-state index in [2.05, 4.69) is 46.5 Å². The molecule has 1 aliphatic rings. The van der Waals surface area contributed by atoms with Crippen LogP contribution in [0.25, 0.3) is 0 Å². The number of carboxylic acids is 1. The number of aromatic nitrogens is 4. The molecule has 0 spiro atoms. The Bertz CT molecular complexity index is 1960. The van der Waals surface area contributed by atoms with Gasteiger partial charge in [-0.1, -0.05) is 26.0 Å². The molecule has 0 saturated carbocycles. The number of benzene rings is 1. The lowest BCUT2D eigenvalue weighted by atomic mass is 10.0. The number of phenols is 1. The van der Waals surface area contributed by atoms with E-state index < -0.39 is 96.5 Å². The first-order valence-electron chi connectivity index (χ1n) is 19.3. The molecule has 1 aromatic carbocycles. The number of imidazole rings is 2. The van der Waals surface area contributed by atoms with Gasteiger partial charge in [0.1, 0.15) is 36.0 Å². The number of hydrogen-bond acceptors (Lipinski definition) is 12. The van der Waals surface area contributed by atoms with Crippen molar-refractivity contribution in [3.63, 3.8) is 0 Å². The molecule has 1 aliphatic heterocycles. The predicted octanol–water partition coefficient (Wildman–Crippen LogP) is -2.75. The van der Waals surface area contributed by atoms with Crippen LogP contribution in [0.15, 0.2) is 49.3 Å². The number of nitrogens with one attached hydrogen (secondary N) is 7. The van der Waals surface area contributed by atoms with Crippen molar-refractivity contribution in [3.8, 4) is 5.75 Å². The van der Waals surface area contributed by atoms with Gasteiger partial charge in [-0.3, -0.25) is 33.6 Å². The summed E-state index contributed by atoms with van der Waals surface area (Å²) in [6.45, 7) is 3.10. The van der Waals surface area contributed by atoms with Gasteiger partial charge in [-0.2, -0.15) is 0 Å². The number of nitrogens with two attached hydrogens (primary N) is 2. The SMILES string of the molecule is CC(C)C[C@H](NC(=O)[C@@H]1CCCN1C(=O)[C@H](Cc1ccc(O)cc1)NC(=O)[C@@H](N)Cc1cnc[nH]1)C(=O)NCC(=O)N[C@@H](CC(N)=O)C(=O)N[C@@H](Cc1cnc[nH]1)C(=O)O. The zero-order valence-corrected chi connectivity index (χ0v) is 33.2. The fourth-order valence-corrected chi connectivity index (χ4v) is 6.58. The van der Waals surface area contributed by atoms with Crippen LogP contribution in [0.4, 0.5) is 0 Å². The zero-order valence-electron chi connectivity index (χ0n) is 33.2. The standard InChI is InChI=1S/C38H52N12O10/c1-20(2)10-26(34(55)43-17-32(53)46-27(14-31(40)52)35(56)49-29(38(59)60)13-23-16-42-19-45-23)47-36(57)30-4-3-9-50(30)37(58)28(11-21-5-7-24(51)8-6-21)48-33(54)25(39)12-22-15-41-18-44-22/h5-8,15-16,18-20,25-30,51H,3-4,9-14,17,39H2,1-2H3,(H2,40,52)(H,41,44)(H,42,45)(H,43,55)(H,46,53)(H,47,57)(H,48,54)(H,49,56)(H,59,60)/t25-,26-,27-,28-,29-,30-/m0/s1. The Morgan fingerprint density at radius 3 is 2.03 bits per heavy atom. The lowest BCUT2D eigenvalue weighted by Gasteiger charge is -2.30.